The predicted octanol–water partition coefficient (Wildman–Crippen LogP) is 3.96. The zero-order valence-electron chi connectivity index (χ0n) is 18.1. The highest BCUT2D eigenvalue weighted by molar-refractivity contribution is 6.02. The lowest BCUT2D eigenvalue weighted by molar-refractivity contribution is -0.108. The quantitative estimate of drug-likeness (QED) is 0.381. The first kappa shape index (κ1) is 20.9. The van der Waals surface area contributed by atoms with Gasteiger partial charge in [0.05, 0.1) is 23.8 Å². The van der Waals surface area contributed by atoms with E-state index in [9.17, 15) is 18.0 Å². The van der Waals surface area contributed by atoms with Gasteiger partial charge in [-0.3, -0.25) is 4.79 Å². The molecule has 2 aliphatic carbocycles. The Labute approximate surface area is 192 Å². The number of aromatic amines is 1. The number of hydrogen-bond acceptors (Lipinski definition) is 5. The molecule has 4 aromatic rings. The van der Waals surface area contributed by atoms with E-state index in [1.165, 1.54) is 6.20 Å². The second-order valence-electron chi connectivity index (χ2n) is 9.31. The molecule has 0 aromatic carbocycles. The van der Waals surface area contributed by atoms with Gasteiger partial charge in [-0.25, -0.2) is 22.7 Å². The van der Waals surface area contributed by atoms with Crippen molar-refractivity contribution in [3.05, 3.63) is 42.5 Å². The van der Waals surface area contributed by atoms with Gasteiger partial charge in [0.15, 0.2) is 0 Å². The summed E-state index contributed by atoms with van der Waals surface area (Å²) in [7, 11) is 0. The molecule has 2 saturated carbocycles. The number of alkyl halides is 3. The van der Waals surface area contributed by atoms with Crippen LogP contribution >= 0.6 is 0 Å². The van der Waals surface area contributed by atoms with Crippen LogP contribution < -0.4 is 10.6 Å². The second kappa shape index (κ2) is 7.44. The van der Waals surface area contributed by atoms with Crippen molar-refractivity contribution in [2.75, 3.05) is 18.4 Å². The number of amides is 1. The van der Waals surface area contributed by atoms with Crippen LogP contribution in [0.2, 0.25) is 0 Å². The number of halogens is 3. The van der Waals surface area contributed by atoms with E-state index in [0.717, 1.165) is 16.5 Å². The van der Waals surface area contributed by atoms with E-state index in [2.05, 4.69) is 30.7 Å². The Bertz CT molecular complexity index is 1400. The molecule has 3 N–H and O–H groups in total. The molecule has 1 amide bonds. The molecule has 0 bridgehead atoms. The molecule has 11 heteroatoms. The highest BCUT2D eigenvalue weighted by Gasteiger charge is 2.45. The number of carbonyl (C=O) groups excluding carboxylic acids is 1. The zero-order chi connectivity index (χ0) is 23.5. The highest BCUT2D eigenvalue weighted by atomic mass is 19.3. The smallest absolute Gasteiger partial charge is 0.255 e. The number of rotatable bonds is 7. The van der Waals surface area contributed by atoms with Crippen molar-refractivity contribution in [1.29, 1.82) is 0 Å². The molecule has 34 heavy (non-hydrogen) atoms. The lowest BCUT2D eigenvalue weighted by Crippen LogP contribution is -2.42. The standard InChI is InChI=1S/C23H22F3N7O/c24-22(2-3-22)12-30-21-29-10-16-15(9-27-19(16)32-21)14-1-4-33-18(5-14)17(11-31-33)20(34)28-8-13-6-23(25,26)7-13/h1,4-5,9-11,13H,2-3,6-8,12H2,(H,28,34)(H2,27,29,30,32). The molecule has 4 heterocycles. The summed E-state index contributed by atoms with van der Waals surface area (Å²) in [5.41, 5.74) is 2.11. The molecule has 0 spiro atoms. The lowest BCUT2D eigenvalue weighted by Gasteiger charge is -2.34. The van der Waals surface area contributed by atoms with E-state index in [1.807, 2.05) is 12.1 Å². The number of pyridine rings is 1. The van der Waals surface area contributed by atoms with Gasteiger partial charge >= 0.3 is 0 Å². The molecule has 176 valence electrons. The van der Waals surface area contributed by atoms with Crippen molar-refractivity contribution in [2.24, 2.45) is 5.92 Å². The van der Waals surface area contributed by atoms with Crippen LogP contribution in [0.4, 0.5) is 19.1 Å². The van der Waals surface area contributed by atoms with E-state index in [-0.39, 0.29) is 37.8 Å². The SMILES string of the molecule is O=C(NCC1CC(F)(F)C1)c1cnn2ccc(-c3c[nH]c4nc(NCC5(F)CC5)ncc34)cc12. The maximum Gasteiger partial charge on any atom is 0.255 e. The second-order valence-corrected chi connectivity index (χ2v) is 9.31. The average molecular weight is 469 g/mol. The van der Waals surface area contributed by atoms with E-state index in [4.69, 9.17) is 0 Å². The summed E-state index contributed by atoms with van der Waals surface area (Å²) >= 11 is 0. The third kappa shape index (κ3) is 3.84. The topological polar surface area (TPSA) is 100 Å². The minimum atomic E-state index is -2.61. The normalized spacial score (nSPS) is 18.7. The molecular formula is C23H22F3N7O. The summed E-state index contributed by atoms with van der Waals surface area (Å²) in [5, 5.41) is 10.7. The first-order valence-corrected chi connectivity index (χ1v) is 11.2. The summed E-state index contributed by atoms with van der Waals surface area (Å²) in [6, 6.07) is 3.71. The van der Waals surface area contributed by atoms with Crippen LogP contribution in [0.25, 0.3) is 27.7 Å². The third-order valence-corrected chi connectivity index (χ3v) is 6.59. The summed E-state index contributed by atoms with van der Waals surface area (Å²) in [6.45, 7) is 0.406. The first-order chi connectivity index (χ1) is 16.3. The van der Waals surface area contributed by atoms with E-state index >= 15 is 0 Å². The molecule has 0 aliphatic heterocycles. The minimum absolute atomic E-state index is 0.192. The molecule has 0 unspecified atom stereocenters. The van der Waals surface area contributed by atoms with Gasteiger partial charge in [-0.05, 0) is 36.5 Å². The molecule has 0 radical (unpaired) electrons. The number of H-pyrrole nitrogens is 1. The molecule has 8 nitrogen and oxygen atoms in total. The van der Waals surface area contributed by atoms with Gasteiger partial charge < -0.3 is 15.6 Å². The minimum Gasteiger partial charge on any atom is -0.352 e. The highest BCUT2D eigenvalue weighted by Crippen LogP contribution is 2.42. The summed E-state index contributed by atoms with van der Waals surface area (Å²) in [5.74, 6) is -2.80. The van der Waals surface area contributed by atoms with Gasteiger partial charge in [0.2, 0.25) is 11.9 Å². The van der Waals surface area contributed by atoms with Gasteiger partial charge in [-0.1, -0.05) is 0 Å². The van der Waals surface area contributed by atoms with Crippen LogP contribution in [0, 0.1) is 5.92 Å². The maximum absolute atomic E-state index is 13.9. The van der Waals surface area contributed by atoms with E-state index < -0.39 is 11.6 Å². The van der Waals surface area contributed by atoms with Gasteiger partial charge in [0, 0.05) is 48.9 Å². The van der Waals surface area contributed by atoms with Crippen LogP contribution in [-0.4, -0.2) is 55.2 Å². The van der Waals surface area contributed by atoms with Crippen LogP contribution in [0.1, 0.15) is 36.0 Å². The van der Waals surface area contributed by atoms with Gasteiger partial charge in [0.25, 0.3) is 5.91 Å². The molecule has 2 aliphatic rings. The van der Waals surface area contributed by atoms with Gasteiger partial charge in [-0.2, -0.15) is 10.1 Å². The Hall–Kier alpha value is -3.63. The Kier molecular flexibility index (Phi) is 4.58. The maximum atomic E-state index is 13.9. The number of fused-ring (bicyclic) bond motifs is 2. The summed E-state index contributed by atoms with van der Waals surface area (Å²) in [6.07, 6.45) is 7.43. The van der Waals surface area contributed by atoms with Crippen molar-refractivity contribution < 1.29 is 18.0 Å². The molecule has 0 saturated heterocycles. The number of nitrogens with zero attached hydrogens (tertiary/aromatic N) is 4. The first-order valence-electron chi connectivity index (χ1n) is 11.2. The fourth-order valence-corrected chi connectivity index (χ4v) is 4.37. The van der Waals surface area contributed by atoms with E-state index in [0.29, 0.717) is 35.5 Å². The molecule has 6 rings (SSSR count). The number of carbonyl (C=O) groups is 1. The molecular weight excluding hydrogens is 447 g/mol. The summed E-state index contributed by atoms with van der Waals surface area (Å²) in [4.78, 5) is 24.6. The predicted molar refractivity (Wildman–Crippen MR) is 120 cm³/mol. The largest absolute Gasteiger partial charge is 0.352 e. The molecule has 0 atom stereocenters. The fourth-order valence-electron chi connectivity index (χ4n) is 4.37. The number of hydrogen-bond donors (Lipinski definition) is 3. The van der Waals surface area contributed by atoms with Crippen LogP contribution in [0.5, 0.6) is 0 Å². The molecule has 4 aromatic heterocycles. The number of anilines is 1. The van der Waals surface area contributed by atoms with Crippen LogP contribution in [0.15, 0.2) is 36.9 Å². The monoisotopic (exact) mass is 469 g/mol. The Morgan fingerprint density at radius 1 is 1.24 bits per heavy atom. The zero-order valence-corrected chi connectivity index (χ0v) is 18.1. The van der Waals surface area contributed by atoms with Crippen molar-refractivity contribution >= 4 is 28.4 Å². The van der Waals surface area contributed by atoms with Crippen molar-refractivity contribution in [3.63, 3.8) is 0 Å². The fraction of sp³-hybridized carbons (Fsp3) is 0.391. The Balaban J connectivity index is 1.23. The van der Waals surface area contributed by atoms with Crippen LogP contribution in [-0.2, 0) is 0 Å². The summed E-state index contributed by atoms with van der Waals surface area (Å²) < 4.78 is 41.5. The average Bonchev–Trinajstić information content (AvgIpc) is 3.20. The Morgan fingerprint density at radius 3 is 2.82 bits per heavy atom. The van der Waals surface area contributed by atoms with Gasteiger partial charge in [0.1, 0.15) is 11.3 Å². The number of nitrogens with one attached hydrogen (secondary N) is 3. The van der Waals surface area contributed by atoms with Crippen LogP contribution in [0.3, 0.4) is 0 Å². The van der Waals surface area contributed by atoms with Gasteiger partial charge in [-0.15, -0.1) is 0 Å². The van der Waals surface area contributed by atoms with Crippen molar-refractivity contribution in [3.8, 4) is 11.1 Å². The van der Waals surface area contributed by atoms with E-state index in [1.54, 1.807) is 23.1 Å². The van der Waals surface area contributed by atoms with Crippen molar-refractivity contribution in [1.82, 2.24) is 29.9 Å². The van der Waals surface area contributed by atoms with Crippen molar-refractivity contribution in [2.45, 2.75) is 37.3 Å². The Morgan fingerprint density at radius 2 is 2.06 bits per heavy atom. The number of aromatic nitrogens is 5. The molecule has 2 fully saturated rings. The lowest BCUT2D eigenvalue weighted by atomic mass is 9.81. The third-order valence-electron chi connectivity index (χ3n) is 6.59.